The predicted molar refractivity (Wildman–Crippen MR) is 87.4 cm³/mol. The van der Waals surface area contributed by atoms with Gasteiger partial charge in [-0.15, -0.1) is 0 Å². The molecular weight excluding hydrogens is 262 g/mol. The second-order valence-electron chi connectivity index (χ2n) is 5.76. The van der Waals surface area contributed by atoms with E-state index in [2.05, 4.69) is 22.5 Å². The highest BCUT2D eigenvalue weighted by atomic mass is 16.1. The highest BCUT2D eigenvalue weighted by molar-refractivity contribution is 5.90. The van der Waals surface area contributed by atoms with Crippen molar-refractivity contribution in [3.8, 4) is 0 Å². The molecule has 0 aromatic heterocycles. The first kappa shape index (κ1) is 16.0. The molecule has 21 heavy (non-hydrogen) atoms. The van der Waals surface area contributed by atoms with Gasteiger partial charge >= 0.3 is 0 Å². The summed E-state index contributed by atoms with van der Waals surface area (Å²) >= 11 is 0. The lowest BCUT2D eigenvalue weighted by atomic mass is 9.96. The van der Waals surface area contributed by atoms with E-state index in [1.165, 1.54) is 12.8 Å². The zero-order valence-electron chi connectivity index (χ0n) is 13.0. The van der Waals surface area contributed by atoms with Crippen LogP contribution in [0.15, 0.2) is 30.3 Å². The molecule has 4 nitrogen and oxygen atoms in total. The Morgan fingerprint density at radius 1 is 1.24 bits per heavy atom. The minimum Gasteiger partial charge on any atom is -0.326 e. The number of likely N-dealkylation sites (tertiary alicyclic amines) is 1. The molecule has 0 unspecified atom stereocenters. The number of nitrogens with one attached hydrogen (secondary N) is 2. The molecule has 1 aliphatic rings. The molecule has 1 aliphatic heterocycles. The van der Waals surface area contributed by atoms with Gasteiger partial charge in [-0.05, 0) is 57.1 Å². The van der Waals surface area contributed by atoms with Crippen molar-refractivity contribution < 1.29 is 4.79 Å². The smallest absolute Gasteiger partial charge is 0.225 e. The molecule has 0 radical (unpaired) electrons. The van der Waals surface area contributed by atoms with Gasteiger partial charge in [-0.2, -0.15) is 0 Å². The van der Waals surface area contributed by atoms with E-state index in [-0.39, 0.29) is 5.91 Å². The largest absolute Gasteiger partial charge is 0.326 e. The fraction of sp³-hybridized carbons (Fsp3) is 0.588. The maximum atomic E-state index is 11.9. The summed E-state index contributed by atoms with van der Waals surface area (Å²) in [6.07, 6.45) is 3.06. The monoisotopic (exact) mass is 289 g/mol. The number of nitrogens with zero attached hydrogens (tertiary/aromatic N) is 1. The van der Waals surface area contributed by atoms with Crippen molar-refractivity contribution in [3.63, 3.8) is 0 Å². The van der Waals surface area contributed by atoms with E-state index in [4.69, 9.17) is 0 Å². The van der Waals surface area contributed by atoms with Crippen LogP contribution in [0.1, 0.15) is 26.2 Å². The first-order valence-electron chi connectivity index (χ1n) is 8.06. The number of carbonyl (C=O) groups excluding carboxylic acids is 1. The molecule has 1 aromatic carbocycles. The third-order valence-corrected chi connectivity index (χ3v) is 4.10. The van der Waals surface area contributed by atoms with Gasteiger partial charge in [-0.25, -0.2) is 0 Å². The van der Waals surface area contributed by atoms with E-state index in [1.807, 2.05) is 30.3 Å². The summed E-state index contributed by atoms with van der Waals surface area (Å²) in [6, 6.07) is 9.66. The Bertz CT molecular complexity index is 413. The minimum absolute atomic E-state index is 0.107. The maximum Gasteiger partial charge on any atom is 0.225 e. The number of hydrogen-bond donors (Lipinski definition) is 2. The summed E-state index contributed by atoms with van der Waals surface area (Å²) in [4.78, 5) is 14.3. The van der Waals surface area contributed by atoms with Crippen LogP contribution in [0.4, 0.5) is 5.69 Å². The van der Waals surface area contributed by atoms with Crippen LogP contribution >= 0.6 is 0 Å². The van der Waals surface area contributed by atoms with Gasteiger partial charge in [0.1, 0.15) is 0 Å². The molecular formula is C17H27N3O. The second kappa shape index (κ2) is 8.80. The SMILES string of the molecule is CCNCC1CCN(CCC(=O)Nc2ccccc2)CC1. The van der Waals surface area contributed by atoms with Gasteiger partial charge in [0, 0.05) is 18.7 Å². The molecule has 1 aromatic rings. The Kier molecular flexibility index (Phi) is 6.70. The van der Waals surface area contributed by atoms with E-state index in [1.54, 1.807) is 0 Å². The van der Waals surface area contributed by atoms with E-state index < -0.39 is 0 Å². The first-order chi connectivity index (χ1) is 10.3. The molecule has 1 saturated heterocycles. The number of piperidine rings is 1. The fourth-order valence-corrected chi connectivity index (χ4v) is 2.77. The van der Waals surface area contributed by atoms with Gasteiger partial charge in [0.05, 0.1) is 0 Å². The number of rotatable bonds is 7. The molecule has 0 saturated carbocycles. The molecule has 1 amide bonds. The Balaban J connectivity index is 1.62. The van der Waals surface area contributed by atoms with Crippen molar-refractivity contribution in [1.82, 2.24) is 10.2 Å². The molecule has 0 bridgehead atoms. The third-order valence-electron chi connectivity index (χ3n) is 4.10. The fourth-order valence-electron chi connectivity index (χ4n) is 2.77. The number of benzene rings is 1. The van der Waals surface area contributed by atoms with Crippen molar-refractivity contribution in [1.29, 1.82) is 0 Å². The molecule has 2 rings (SSSR count). The zero-order valence-corrected chi connectivity index (χ0v) is 13.0. The third kappa shape index (κ3) is 5.86. The summed E-state index contributed by atoms with van der Waals surface area (Å²) < 4.78 is 0. The summed E-state index contributed by atoms with van der Waals surface area (Å²) in [5, 5.41) is 6.37. The van der Waals surface area contributed by atoms with Gasteiger partial charge < -0.3 is 15.5 Å². The van der Waals surface area contributed by atoms with E-state index >= 15 is 0 Å². The maximum absolute atomic E-state index is 11.9. The molecule has 0 spiro atoms. The van der Waals surface area contributed by atoms with E-state index in [0.29, 0.717) is 6.42 Å². The van der Waals surface area contributed by atoms with Crippen LogP contribution in [-0.4, -0.2) is 43.5 Å². The van der Waals surface area contributed by atoms with Crippen LogP contribution in [0, 0.1) is 5.92 Å². The molecule has 0 aliphatic carbocycles. The summed E-state index contributed by atoms with van der Waals surface area (Å²) in [5.74, 6) is 0.912. The number of para-hydroxylation sites is 1. The van der Waals surface area contributed by atoms with E-state index in [9.17, 15) is 4.79 Å². The number of hydrogen-bond acceptors (Lipinski definition) is 3. The number of carbonyl (C=O) groups is 1. The van der Waals surface area contributed by atoms with Gasteiger partial charge in [0.15, 0.2) is 0 Å². The van der Waals surface area contributed by atoms with Crippen LogP contribution in [0.3, 0.4) is 0 Å². The molecule has 116 valence electrons. The normalized spacial score (nSPS) is 16.8. The van der Waals surface area contributed by atoms with Crippen LogP contribution in [0.2, 0.25) is 0 Å². The van der Waals surface area contributed by atoms with Crippen LogP contribution in [0.25, 0.3) is 0 Å². The quantitative estimate of drug-likeness (QED) is 0.810. The van der Waals surface area contributed by atoms with Crippen molar-refractivity contribution in [2.24, 2.45) is 5.92 Å². The van der Waals surface area contributed by atoms with Crippen molar-refractivity contribution in [2.75, 3.05) is 38.0 Å². The van der Waals surface area contributed by atoms with E-state index in [0.717, 1.165) is 44.3 Å². The average Bonchev–Trinajstić information content (AvgIpc) is 2.53. The highest BCUT2D eigenvalue weighted by Crippen LogP contribution is 2.16. The molecule has 2 N–H and O–H groups in total. The molecule has 4 heteroatoms. The van der Waals surface area contributed by atoms with Gasteiger partial charge in [-0.3, -0.25) is 4.79 Å². The summed E-state index contributed by atoms with van der Waals surface area (Å²) in [7, 11) is 0. The number of anilines is 1. The van der Waals surface area contributed by atoms with Crippen LogP contribution in [-0.2, 0) is 4.79 Å². The van der Waals surface area contributed by atoms with Crippen molar-refractivity contribution in [3.05, 3.63) is 30.3 Å². The average molecular weight is 289 g/mol. The summed E-state index contributed by atoms with van der Waals surface area (Å²) in [6.45, 7) is 7.45. The Morgan fingerprint density at radius 2 is 1.95 bits per heavy atom. The predicted octanol–water partition coefficient (Wildman–Crippen LogP) is 2.34. The molecule has 1 fully saturated rings. The first-order valence-corrected chi connectivity index (χ1v) is 8.06. The highest BCUT2D eigenvalue weighted by Gasteiger charge is 2.19. The lowest BCUT2D eigenvalue weighted by Gasteiger charge is -2.31. The Morgan fingerprint density at radius 3 is 2.62 bits per heavy atom. The Labute approximate surface area is 127 Å². The minimum atomic E-state index is 0.107. The van der Waals surface area contributed by atoms with Crippen molar-refractivity contribution >= 4 is 11.6 Å². The standard InChI is InChI=1S/C17H27N3O/c1-2-18-14-15-8-11-20(12-9-15)13-10-17(21)19-16-6-4-3-5-7-16/h3-7,15,18H,2,8-14H2,1H3,(H,19,21). The number of amides is 1. The Hall–Kier alpha value is -1.39. The zero-order chi connectivity index (χ0) is 14.9. The summed E-state index contributed by atoms with van der Waals surface area (Å²) in [5.41, 5.74) is 0.881. The second-order valence-corrected chi connectivity index (χ2v) is 5.76. The van der Waals surface area contributed by atoms with Gasteiger partial charge in [-0.1, -0.05) is 25.1 Å². The van der Waals surface area contributed by atoms with Gasteiger partial charge in [0.2, 0.25) is 5.91 Å². The molecule has 1 heterocycles. The van der Waals surface area contributed by atoms with Crippen molar-refractivity contribution in [2.45, 2.75) is 26.2 Å². The molecule has 0 atom stereocenters. The topological polar surface area (TPSA) is 44.4 Å². The van der Waals surface area contributed by atoms with Crippen LogP contribution < -0.4 is 10.6 Å². The van der Waals surface area contributed by atoms with Crippen LogP contribution in [0.5, 0.6) is 0 Å². The van der Waals surface area contributed by atoms with Gasteiger partial charge in [0.25, 0.3) is 0 Å². The lowest BCUT2D eigenvalue weighted by molar-refractivity contribution is -0.116. The lowest BCUT2D eigenvalue weighted by Crippen LogP contribution is -2.38.